The summed E-state index contributed by atoms with van der Waals surface area (Å²) in [5.41, 5.74) is 2.65. The van der Waals surface area contributed by atoms with Gasteiger partial charge in [-0.3, -0.25) is 19.0 Å². The number of hydrogen-bond donors (Lipinski definition) is 1. The van der Waals surface area contributed by atoms with Crippen molar-refractivity contribution in [2.75, 3.05) is 12.3 Å². The quantitative estimate of drug-likeness (QED) is 0.106. The third kappa shape index (κ3) is 8.68. The number of ketones is 1. The number of esters is 1. The van der Waals surface area contributed by atoms with E-state index >= 15 is 8.78 Å². The fraction of sp³-hybridized carbons (Fsp3) is 0.406. The summed E-state index contributed by atoms with van der Waals surface area (Å²) >= 11 is 0. The molecule has 0 unspecified atom stereocenters. The number of aromatic nitrogens is 1. The number of nitrogens with zero attached hydrogens (tertiary/aromatic N) is 1. The minimum absolute atomic E-state index is 0.107. The molecule has 2 aromatic carbocycles. The van der Waals surface area contributed by atoms with Gasteiger partial charge < -0.3 is 15.2 Å². The van der Waals surface area contributed by atoms with E-state index in [1.807, 2.05) is 34.6 Å². The van der Waals surface area contributed by atoms with Gasteiger partial charge in [-0.1, -0.05) is 13.8 Å². The van der Waals surface area contributed by atoms with Crippen molar-refractivity contribution in [2.24, 2.45) is 11.8 Å². The van der Waals surface area contributed by atoms with Crippen LogP contribution >= 0.6 is 0 Å². The molecular formula is C32H36F4N2O5. The van der Waals surface area contributed by atoms with Crippen LogP contribution in [0.4, 0.5) is 23.4 Å². The zero-order valence-electron chi connectivity index (χ0n) is 24.8. The molecule has 0 saturated heterocycles. The number of benzene rings is 2. The van der Waals surface area contributed by atoms with E-state index in [9.17, 15) is 23.2 Å². The third-order valence-corrected chi connectivity index (χ3v) is 6.48. The van der Waals surface area contributed by atoms with Crippen LogP contribution in [0.5, 0.6) is 5.75 Å². The molecule has 0 aliphatic heterocycles. The van der Waals surface area contributed by atoms with Gasteiger partial charge >= 0.3 is 5.97 Å². The van der Waals surface area contributed by atoms with Crippen LogP contribution in [-0.4, -0.2) is 28.5 Å². The number of halogens is 4. The lowest BCUT2D eigenvalue weighted by atomic mass is 9.92. The van der Waals surface area contributed by atoms with Gasteiger partial charge in [-0.05, 0) is 70.6 Å². The lowest BCUT2D eigenvalue weighted by Crippen LogP contribution is -2.29. The van der Waals surface area contributed by atoms with Crippen LogP contribution in [0.15, 0.2) is 47.3 Å². The monoisotopic (exact) mass is 604 g/mol. The van der Waals surface area contributed by atoms with Gasteiger partial charge in [0, 0.05) is 24.3 Å². The van der Waals surface area contributed by atoms with Crippen molar-refractivity contribution in [1.29, 1.82) is 0 Å². The predicted molar refractivity (Wildman–Crippen MR) is 154 cm³/mol. The van der Waals surface area contributed by atoms with Crippen LogP contribution in [0.3, 0.4) is 0 Å². The molecule has 232 valence electrons. The van der Waals surface area contributed by atoms with Gasteiger partial charge in [0.1, 0.15) is 34.5 Å². The average Bonchev–Trinajstić information content (AvgIpc) is 2.87. The number of pyridine rings is 1. The van der Waals surface area contributed by atoms with Gasteiger partial charge in [-0.15, -0.1) is 0 Å². The van der Waals surface area contributed by atoms with E-state index in [2.05, 4.69) is 0 Å². The summed E-state index contributed by atoms with van der Waals surface area (Å²) in [5.74, 6) is -6.48. The molecule has 3 rings (SSSR count). The van der Waals surface area contributed by atoms with E-state index in [-0.39, 0.29) is 24.2 Å². The molecule has 1 atom stereocenters. The Morgan fingerprint density at radius 3 is 2.12 bits per heavy atom. The number of anilines is 1. The largest absolute Gasteiger partial charge is 0.493 e. The first-order chi connectivity index (χ1) is 20.1. The molecule has 0 amide bonds. The zero-order chi connectivity index (χ0) is 32.1. The van der Waals surface area contributed by atoms with Crippen molar-refractivity contribution < 1.29 is 36.6 Å². The summed E-state index contributed by atoms with van der Waals surface area (Å²) in [6.45, 7) is 9.58. The fourth-order valence-corrected chi connectivity index (χ4v) is 4.60. The van der Waals surface area contributed by atoms with Gasteiger partial charge in [-0.25, -0.2) is 17.6 Å². The van der Waals surface area contributed by atoms with Crippen molar-refractivity contribution in [2.45, 2.75) is 65.9 Å². The average molecular weight is 605 g/mol. The van der Waals surface area contributed by atoms with Gasteiger partial charge in [0.15, 0.2) is 17.4 Å². The number of carbonyl (C=O) groups is 2. The molecule has 0 aliphatic carbocycles. The third-order valence-electron chi connectivity index (χ3n) is 6.48. The molecule has 1 heterocycles. The molecular weight excluding hydrogens is 568 g/mol. The molecule has 2 N–H and O–H groups in total. The SMILES string of the molecule is CC(C)C[C@H](CCCCOc1cc(F)c(-n2c(N)c(C(=O)c3ccc(F)cc3F)ccc2=O)c(F)c1)C(=O)OC(C)(C)C. The smallest absolute Gasteiger partial charge is 0.309 e. The number of carbonyl (C=O) groups excluding carboxylic acids is 2. The first-order valence-corrected chi connectivity index (χ1v) is 14.0. The molecule has 0 fully saturated rings. The van der Waals surface area contributed by atoms with E-state index in [1.54, 1.807) is 0 Å². The van der Waals surface area contributed by atoms with Crippen molar-refractivity contribution >= 4 is 17.6 Å². The maximum Gasteiger partial charge on any atom is 0.309 e. The molecule has 0 aliphatic rings. The van der Waals surface area contributed by atoms with Gasteiger partial charge in [0.05, 0.1) is 23.7 Å². The minimum Gasteiger partial charge on any atom is -0.493 e. The first-order valence-electron chi connectivity index (χ1n) is 14.0. The highest BCUT2D eigenvalue weighted by Gasteiger charge is 2.26. The zero-order valence-corrected chi connectivity index (χ0v) is 24.8. The fourth-order valence-electron chi connectivity index (χ4n) is 4.60. The highest BCUT2D eigenvalue weighted by molar-refractivity contribution is 6.11. The van der Waals surface area contributed by atoms with Crippen molar-refractivity contribution in [3.63, 3.8) is 0 Å². The molecule has 0 spiro atoms. The number of nitrogens with two attached hydrogens (primary N) is 1. The van der Waals surface area contributed by atoms with Crippen LogP contribution in [-0.2, 0) is 9.53 Å². The lowest BCUT2D eigenvalue weighted by molar-refractivity contribution is -0.160. The predicted octanol–water partition coefficient (Wildman–Crippen LogP) is 6.76. The van der Waals surface area contributed by atoms with Crippen molar-refractivity contribution in [1.82, 2.24) is 4.57 Å². The number of unbranched alkanes of at least 4 members (excludes halogenated alkanes) is 1. The Labute approximate surface area is 247 Å². The summed E-state index contributed by atoms with van der Waals surface area (Å²) in [6.07, 6.45) is 2.35. The number of nitrogen functional groups attached to an aromatic ring is 1. The van der Waals surface area contributed by atoms with Crippen LogP contribution in [0.2, 0.25) is 0 Å². The first kappa shape index (κ1) is 33.4. The second-order valence-electron chi connectivity index (χ2n) is 11.7. The maximum absolute atomic E-state index is 15.2. The maximum atomic E-state index is 15.2. The Morgan fingerprint density at radius 2 is 1.53 bits per heavy atom. The van der Waals surface area contributed by atoms with E-state index in [0.717, 1.165) is 36.4 Å². The van der Waals surface area contributed by atoms with Crippen molar-refractivity contribution in [3.05, 3.63) is 87.2 Å². The normalized spacial score (nSPS) is 12.3. The van der Waals surface area contributed by atoms with Crippen molar-refractivity contribution in [3.8, 4) is 11.4 Å². The molecule has 7 nitrogen and oxygen atoms in total. The summed E-state index contributed by atoms with van der Waals surface area (Å²) in [4.78, 5) is 38.1. The van der Waals surface area contributed by atoms with Crippen LogP contribution in [0, 0.1) is 35.1 Å². The second-order valence-corrected chi connectivity index (χ2v) is 11.7. The van der Waals surface area contributed by atoms with Crippen LogP contribution in [0.1, 0.15) is 76.2 Å². The summed E-state index contributed by atoms with van der Waals surface area (Å²) < 4.78 is 69.4. The molecule has 3 aromatic rings. The van der Waals surface area contributed by atoms with Gasteiger partial charge in [-0.2, -0.15) is 0 Å². The number of rotatable bonds is 12. The Balaban J connectivity index is 1.74. The van der Waals surface area contributed by atoms with E-state index < -0.39 is 62.8 Å². The summed E-state index contributed by atoms with van der Waals surface area (Å²) in [5, 5.41) is 0. The van der Waals surface area contributed by atoms with Gasteiger partial charge in [0.25, 0.3) is 5.56 Å². The minimum atomic E-state index is -1.19. The highest BCUT2D eigenvalue weighted by Crippen LogP contribution is 2.28. The molecule has 0 radical (unpaired) electrons. The summed E-state index contributed by atoms with van der Waals surface area (Å²) in [7, 11) is 0. The number of hydrogen-bond acceptors (Lipinski definition) is 6. The second kappa shape index (κ2) is 13.9. The summed E-state index contributed by atoms with van der Waals surface area (Å²) in [6, 6.07) is 5.88. The molecule has 1 aromatic heterocycles. The Bertz CT molecular complexity index is 1520. The van der Waals surface area contributed by atoms with Crippen LogP contribution in [0.25, 0.3) is 5.69 Å². The van der Waals surface area contributed by atoms with Gasteiger partial charge in [0.2, 0.25) is 0 Å². The molecule has 0 bridgehead atoms. The Morgan fingerprint density at radius 1 is 0.907 bits per heavy atom. The highest BCUT2D eigenvalue weighted by atomic mass is 19.1. The van der Waals surface area contributed by atoms with Crippen LogP contribution < -0.4 is 16.0 Å². The standard InChI is InChI=1S/C32H36F4N2O5/c1-18(2)14-19(31(41)43-32(3,4)5)8-6-7-13-42-21-16-25(35)28(26(36)17-21)38-27(39)12-11-23(30(38)37)29(40)22-10-9-20(33)15-24(22)34/h9-12,15-19H,6-8,13-14,37H2,1-5H3/t19-/m0/s1. The lowest BCUT2D eigenvalue weighted by Gasteiger charge is -2.25. The van der Waals surface area contributed by atoms with E-state index in [4.69, 9.17) is 15.2 Å². The molecule has 43 heavy (non-hydrogen) atoms. The number of ether oxygens (including phenoxy) is 2. The Hall–Kier alpha value is -4.15. The Kier molecular flexibility index (Phi) is 10.8. The molecule has 11 heteroatoms. The van der Waals surface area contributed by atoms with E-state index in [1.165, 1.54) is 0 Å². The topological polar surface area (TPSA) is 101 Å². The van der Waals surface area contributed by atoms with E-state index in [0.29, 0.717) is 42.2 Å². The molecule has 0 saturated carbocycles.